The molecule has 3 N–H and O–H groups in total. The van der Waals surface area contributed by atoms with Crippen LogP contribution in [0.4, 0.5) is 5.82 Å². The lowest BCUT2D eigenvalue weighted by Crippen LogP contribution is -2.27. The van der Waals surface area contributed by atoms with Crippen LogP contribution in [0, 0.1) is 6.92 Å². The predicted octanol–water partition coefficient (Wildman–Crippen LogP) is 0.683. The van der Waals surface area contributed by atoms with Crippen LogP contribution in [0.25, 0.3) is 0 Å². The van der Waals surface area contributed by atoms with E-state index in [1.165, 1.54) is 4.68 Å². The summed E-state index contributed by atoms with van der Waals surface area (Å²) >= 11 is 0. The first kappa shape index (κ1) is 11.3. The van der Waals surface area contributed by atoms with Gasteiger partial charge in [-0.25, -0.2) is 0 Å². The molecule has 0 unspecified atom stereocenters. The Morgan fingerprint density at radius 3 is 3.06 bits per heavy atom. The van der Waals surface area contributed by atoms with Crippen LogP contribution in [0.1, 0.15) is 11.3 Å². The van der Waals surface area contributed by atoms with Gasteiger partial charge in [0, 0.05) is 11.8 Å². The standard InChI is InChI=1S/C11H14N4O2/c1-8-6-15(14-11(8)12)7-10(16)13-5-9-3-2-4-17-9/h2-4,6H,5,7H2,1H3,(H2,12,14)(H,13,16). The van der Waals surface area contributed by atoms with Gasteiger partial charge in [0.05, 0.1) is 12.8 Å². The number of rotatable bonds is 4. The Balaban J connectivity index is 1.85. The zero-order chi connectivity index (χ0) is 12.3. The number of nitrogens with two attached hydrogens (primary N) is 1. The number of hydrogen-bond donors (Lipinski definition) is 2. The molecule has 0 bridgehead atoms. The number of aryl methyl sites for hydroxylation is 1. The summed E-state index contributed by atoms with van der Waals surface area (Å²) < 4.78 is 6.62. The van der Waals surface area contributed by atoms with Gasteiger partial charge in [-0.1, -0.05) is 0 Å². The maximum atomic E-state index is 11.6. The molecular weight excluding hydrogens is 220 g/mol. The minimum Gasteiger partial charge on any atom is -0.467 e. The Labute approximate surface area is 98.4 Å². The molecular formula is C11H14N4O2. The minimum absolute atomic E-state index is 0.135. The van der Waals surface area contributed by atoms with Crippen molar-refractivity contribution < 1.29 is 9.21 Å². The fourth-order valence-electron chi connectivity index (χ4n) is 1.42. The number of furan rings is 1. The highest BCUT2D eigenvalue weighted by atomic mass is 16.3. The molecule has 0 atom stereocenters. The summed E-state index contributed by atoms with van der Waals surface area (Å²) in [5, 5.41) is 6.73. The summed E-state index contributed by atoms with van der Waals surface area (Å²) in [6.07, 6.45) is 3.31. The minimum atomic E-state index is -0.135. The second-order valence-corrected chi connectivity index (χ2v) is 3.75. The number of aromatic nitrogens is 2. The fraction of sp³-hybridized carbons (Fsp3) is 0.273. The first-order chi connectivity index (χ1) is 8.15. The van der Waals surface area contributed by atoms with Crippen LogP contribution in [-0.4, -0.2) is 15.7 Å². The molecule has 2 aromatic heterocycles. The molecule has 0 fully saturated rings. The topological polar surface area (TPSA) is 86.1 Å². The molecule has 90 valence electrons. The van der Waals surface area contributed by atoms with Crippen molar-refractivity contribution in [3.8, 4) is 0 Å². The van der Waals surface area contributed by atoms with E-state index in [1.54, 1.807) is 24.6 Å². The maximum absolute atomic E-state index is 11.6. The van der Waals surface area contributed by atoms with Crippen molar-refractivity contribution in [3.05, 3.63) is 35.9 Å². The van der Waals surface area contributed by atoms with E-state index in [0.717, 1.165) is 11.3 Å². The van der Waals surface area contributed by atoms with Crippen molar-refractivity contribution in [3.63, 3.8) is 0 Å². The van der Waals surface area contributed by atoms with Crippen molar-refractivity contribution >= 4 is 11.7 Å². The van der Waals surface area contributed by atoms with Gasteiger partial charge in [-0.2, -0.15) is 5.10 Å². The number of carbonyl (C=O) groups excluding carboxylic acids is 1. The third kappa shape index (κ3) is 2.87. The molecule has 1 amide bonds. The molecule has 0 aliphatic rings. The van der Waals surface area contributed by atoms with Gasteiger partial charge >= 0.3 is 0 Å². The summed E-state index contributed by atoms with van der Waals surface area (Å²) in [5.74, 6) is 1.03. The van der Waals surface area contributed by atoms with E-state index >= 15 is 0 Å². The lowest BCUT2D eigenvalue weighted by molar-refractivity contribution is -0.122. The smallest absolute Gasteiger partial charge is 0.242 e. The highest BCUT2D eigenvalue weighted by Gasteiger charge is 2.06. The average molecular weight is 234 g/mol. The molecule has 0 aliphatic carbocycles. The molecule has 17 heavy (non-hydrogen) atoms. The van der Waals surface area contributed by atoms with E-state index in [-0.39, 0.29) is 12.5 Å². The van der Waals surface area contributed by atoms with Gasteiger partial charge in [-0.15, -0.1) is 0 Å². The SMILES string of the molecule is Cc1cn(CC(=O)NCc2ccco2)nc1N. The number of nitrogen functional groups attached to an aromatic ring is 1. The van der Waals surface area contributed by atoms with Gasteiger partial charge in [-0.3, -0.25) is 9.48 Å². The van der Waals surface area contributed by atoms with E-state index in [2.05, 4.69) is 10.4 Å². The van der Waals surface area contributed by atoms with Crippen molar-refractivity contribution in [1.82, 2.24) is 15.1 Å². The van der Waals surface area contributed by atoms with E-state index in [9.17, 15) is 4.79 Å². The second-order valence-electron chi connectivity index (χ2n) is 3.75. The normalized spacial score (nSPS) is 10.4. The van der Waals surface area contributed by atoms with Crippen LogP contribution >= 0.6 is 0 Å². The number of carbonyl (C=O) groups is 1. The third-order valence-electron chi connectivity index (χ3n) is 2.33. The molecule has 2 rings (SSSR count). The lowest BCUT2D eigenvalue weighted by Gasteiger charge is -2.03. The van der Waals surface area contributed by atoms with Crippen LogP contribution in [0.5, 0.6) is 0 Å². The Morgan fingerprint density at radius 1 is 1.65 bits per heavy atom. The second kappa shape index (κ2) is 4.73. The Hall–Kier alpha value is -2.24. The average Bonchev–Trinajstić information content (AvgIpc) is 2.87. The molecule has 0 saturated heterocycles. The first-order valence-electron chi connectivity index (χ1n) is 5.24. The van der Waals surface area contributed by atoms with Crippen molar-refractivity contribution in [2.45, 2.75) is 20.0 Å². The van der Waals surface area contributed by atoms with Crippen LogP contribution < -0.4 is 11.1 Å². The summed E-state index contributed by atoms with van der Waals surface area (Å²) in [7, 11) is 0. The van der Waals surface area contributed by atoms with Crippen molar-refractivity contribution in [2.75, 3.05) is 5.73 Å². The zero-order valence-electron chi connectivity index (χ0n) is 9.51. The van der Waals surface area contributed by atoms with Gasteiger partial charge in [0.15, 0.2) is 0 Å². The van der Waals surface area contributed by atoms with E-state index < -0.39 is 0 Å². The summed E-state index contributed by atoms with van der Waals surface area (Å²) in [6.45, 7) is 2.37. The largest absolute Gasteiger partial charge is 0.467 e. The molecule has 6 nitrogen and oxygen atoms in total. The molecule has 0 radical (unpaired) electrons. The van der Waals surface area contributed by atoms with Crippen molar-refractivity contribution in [2.24, 2.45) is 0 Å². The summed E-state index contributed by atoms with van der Waals surface area (Å²) in [6, 6.07) is 3.58. The van der Waals surface area contributed by atoms with Gasteiger partial charge in [-0.05, 0) is 19.1 Å². The van der Waals surface area contributed by atoms with Gasteiger partial charge < -0.3 is 15.5 Å². The molecule has 6 heteroatoms. The van der Waals surface area contributed by atoms with Crippen LogP contribution in [0.15, 0.2) is 29.0 Å². The Bertz CT molecular complexity index is 482. The Kier molecular flexibility index (Phi) is 3.13. The highest BCUT2D eigenvalue weighted by Crippen LogP contribution is 2.05. The van der Waals surface area contributed by atoms with Gasteiger partial charge in [0.2, 0.25) is 5.91 Å². The van der Waals surface area contributed by atoms with E-state index in [0.29, 0.717) is 12.4 Å². The molecule has 0 aliphatic heterocycles. The van der Waals surface area contributed by atoms with Gasteiger partial charge in [0.25, 0.3) is 0 Å². The third-order valence-corrected chi connectivity index (χ3v) is 2.33. The highest BCUT2D eigenvalue weighted by molar-refractivity contribution is 5.75. The van der Waals surface area contributed by atoms with E-state index in [1.807, 2.05) is 6.92 Å². The molecule has 2 aromatic rings. The number of nitrogens with one attached hydrogen (secondary N) is 1. The van der Waals surface area contributed by atoms with E-state index in [4.69, 9.17) is 10.2 Å². The monoisotopic (exact) mass is 234 g/mol. The summed E-state index contributed by atoms with van der Waals surface area (Å²) in [4.78, 5) is 11.6. The quantitative estimate of drug-likeness (QED) is 0.814. The number of hydrogen-bond acceptors (Lipinski definition) is 4. The first-order valence-corrected chi connectivity index (χ1v) is 5.24. The molecule has 0 aromatic carbocycles. The summed E-state index contributed by atoms with van der Waals surface area (Å²) in [5.41, 5.74) is 6.45. The molecule has 0 saturated carbocycles. The molecule has 0 spiro atoms. The maximum Gasteiger partial charge on any atom is 0.242 e. The lowest BCUT2D eigenvalue weighted by atomic mass is 10.4. The van der Waals surface area contributed by atoms with Crippen LogP contribution in [0.2, 0.25) is 0 Å². The number of nitrogens with zero attached hydrogens (tertiary/aromatic N) is 2. The molecule has 2 heterocycles. The Morgan fingerprint density at radius 2 is 2.47 bits per heavy atom. The number of amides is 1. The van der Waals surface area contributed by atoms with Crippen LogP contribution in [-0.2, 0) is 17.9 Å². The van der Waals surface area contributed by atoms with Crippen LogP contribution in [0.3, 0.4) is 0 Å². The zero-order valence-corrected chi connectivity index (χ0v) is 9.51. The van der Waals surface area contributed by atoms with Gasteiger partial charge in [0.1, 0.15) is 18.1 Å². The number of anilines is 1. The fourth-order valence-corrected chi connectivity index (χ4v) is 1.42. The van der Waals surface area contributed by atoms with Crippen molar-refractivity contribution in [1.29, 1.82) is 0 Å². The predicted molar refractivity (Wildman–Crippen MR) is 61.9 cm³/mol.